The summed E-state index contributed by atoms with van der Waals surface area (Å²) in [7, 11) is 0. The van der Waals surface area contributed by atoms with Gasteiger partial charge in [-0.15, -0.1) is 0 Å². The van der Waals surface area contributed by atoms with E-state index in [0.717, 1.165) is 11.6 Å². The third kappa shape index (κ3) is 2.52. The average molecular weight is 268 g/mol. The molecule has 1 saturated carbocycles. The average Bonchev–Trinajstić information content (AvgIpc) is 2.82. The molecule has 20 heavy (non-hydrogen) atoms. The Morgan fingerprint density at radius 1 is 1.10 bits per heavy atom. The molecule has 1 aromatic heterocycles. The minimum Gasteiger partial charge on any atom is -0.281 e. The molecule has 2 heteroatoms. The summed E-state index contributed by atoms with van der Waals surface area (Å²) in [5.41, 5.74) is 6.36. The van der Waals surface area contributed by atoms with Crippen molar-refractivity contribution in [3.63, 3.8) is 0 Å². The zero-order chi connectivity index (χ0) is 14.1. The SMILES string of the molecule is Cc1cccc(-c2n[nH]c(C3CCC(C)CC3)c2C)c1. The second-order valence-corrected chi connectivity index (χ2v) is 6.44. The molecule has 0 bridgehead atoms. The van der Waals surface area contributed by atoms with Gasteiger partial charge in [0.1, 0.15) is 0 Å². The largest absolute Gasteiger partial charge is 0.281 e. The molecule has 1 aromatic carbocycles. The molecule has 1 aliphatic carbocycles. The molecule has 106 valence electrons. The zero-order valence-electron chi connectivity index (χ0n) is 12.7. The van der Waals surface area contributed by atoms with Crippen LogP contribution in [-0.2, 0) is 0 Å². The quantitative estimate of drug-likeness (QED) is 0.817. The number of aromatic amines is 1. The van der Waals surface area contributed by atoms with Crippen LogP contribution in [0, 0.1) is 19.8 Å². The lowest BCUT2D eigenvalue weighted by atomic mass is 9.80. The lowest BCUT2D eigenvalue weighted by Gasteiger charge is -2.25. The maximum absolute atomic E-state index is 4.60. The highest BCUT2D eigenvalue weighted by atomic mass is 15.1. The Morgan fingerprint density at radius 2 is 1.85 bits per heavy atom. The summed E-state index contributed by atoms with van der Waals surface area (Å²) in [4.78, 5) is 0. The van der Waals surface area contributed by atoms with Crippen LogP contribution >= 0.6 is 0 Å². The van der Waals surface area contributed by atoms with Gasteiger partial charge in [-0.1, -0.05) is 43.5 Å². The molecule has 1 fully saturated rings. The molecule has 1 aliphatic rings. The summed E-state index contributed by atoms with van der Waals surface area (Å²) in [5, 5.41) is 7.92. The second kappa shape index (κ2) is 5.43. The minimum atomic E-state index is 0.678. The summed E-state index contributed by atoms with van der Waals surface area (Å²) in [6.45, 7) is 6.72. The molecular weight excluding hydrogens is 244 g/mol. The Hall–Kier alpha value is -1.57. The molecule has 0 aliphatic heterocycles. The van der Waals surface area contributed by atoms with Crippen LogP contribution in [0.5, 0.6) is 0 Å². The Labute approximate surface area is 121 Å². The van der Waals surface area contributed by atoms with Crippen LogP contribution in [0.1, 0.15) is 55.3 Å². The molecule has 0 saturated heterocycles. The highest BCUT2D eigenvalue weighted by Crippen LogP contribution is 2.37. The van der Waals surface area contributed by atoms with Crippen LogP contribution in [0.4, 0.5) is 0 Å². The standard InChI is InChI=1S/C18H24N2/c1-12-7-9-15(10-8-12)17-14(3)18(20-19-17)16-6-4-5-13(2)11-16/h4-6,11-12,15H,7-10H2,1-3H3,(H,19,20). The van der Waals surface area contributed by atoms with Gasteiger partial charge in [0.25, 0.3) is 0 Å². The molecule has 0 atom stereocenters. The first-order valence-electron chi connectivity index (χ1n) is 7.77. The van der Waals surface area contributed by atoms with Gasteiger partial charge in [0.15, 0.2) is 0 Å². The number of H-pyrrole nitrogens is 1. The van der Waals surface area contributed by atoms with Crippen molar-refractivity contribution >= 4 is 0 Å². The first-order chi connectivity index (χ1) is 9.65. The fourth-order valence-corrected chi connectivity index (χ4v) is 3.43. The maximum Gasteiger partial charge on any atom is 0.0952 e. The van der Waals surface area contributed by atoms with E-state index in [1.807, 2.05) is 0 Å². The van der Waals surface area contributed by atoms with Crippen molar-refractivity contribution in [3.8, 4) is 11.3 Å². The Bertz CT molecular complexity index is 589. The summed E-state index contributed by atoms with van der Waals surface area (Å²) in [6, 6.07) is 8.62. The molecular formula is C18H24N2. The van der Waals surface area contributed by atoms with Gasteiger partial charge in [0.2, 0.25) is 0 Å². The minimum absolute atomic E-state index is 0.678. The molecule has 0 spiro atoms. The first-order valence-corrected chi connectivity index (χ1v) is 7.77. The van der Waals surface area contributed by atoms with Gasteiger partial charge in [0, 0.05) is 17.2 Å². The van der Waals surface area contributed by atoms with Gasteiger partial charge in [-0.2, -0.15) is 5.10 Å². The normalized spacial score (nSPS) is 22.9. The fourth-order valence-electron chi connectivity index (χ4n) is 3.43. The van der Waals surface area contributed by atoms with E-state index in [1.165, 1.54) is 48.1 Å². The molecule has 2 nitrogen and oxygen atoms in total. The number of benzene rings is 1. The summed E-state index contributed by atoms with van der Waals surface area (Å²) in [5.74, 6) is 1.57. The van der Waals surface area contributed by atoms with Crippen molar-refractivity contribution in [1.29, 1.82) is 0 Å². The summed E-state index contributed by atoms with van der Waals surface area (Å²) in [6.07, 6.45) is 5.31. The summed E-state index contributed by atoms with van der Waals surface area (Å²) >= 11 is 0. The summed E-state index contributed by atoms with van der Waals surface area (Å²) < 4.78 is 0. The van der Waals surface area contributed by atoms with E-state index in [9.17, 15) is 0 Å². The van der Waals surface area contributed by atoms with E-state index in [-0.39, 0.29) is 0 Å². The predicted molar refractivity (Wildman–Crippen MR) is 83.9 cm³/mol. The van der Waals surface area contributed by atoms with Crippen molar-refractivity contribution in [2.24, 2.45) is 5.92 Å². The third-order valence-electron chi connectivity index (χ3n) is 4.76. The lowest BCUT2D eigenvalue weighted by molar-refractivity contribution is 0.343. The predicted octanol–water partition coefficient (Wildman–Crippen LogP) is 4.99. The van der Waals surface area contributed by atoms with Crippen LogP contribution in [0.2, 0.25) is 0 Å². The molecule has 3 rings (SSSR count). The Morgan fingerprint density at radius 3 is 2.55 bits per heavy atom. The third-order valence-corrected chi connectivity index (χ3v) is 4.76. The van der Waals surface area contributed by atoms with Crippen LogP contribution < -0.4 is 0 Å². The van der Waals surface area contributed by atoms with Crippen molar-refractivity contribution in [2.75, 3.05) is 0 Å². The topological polar surface area (TPSA) is 28.7 Å². The number of aryl methyl sites for hydroxylation is 1. The van der Waals surface area contributed by atoms with Gasteiger partial charge in [0.05, 0.1) is 5.69 Å². The monoisotopic (exact) mass is 268 g/mol. The molecule has 2 aromatic rings. The number of hydrogen-bond donors (Lipinski definition) is 1. The van der Waals surface area contributed by atoms with Gasteiger partial charge in [-0.25, -0.2) is 0 Å². The Kier molecular flexibility index (Phi) is 3.64. The van der Waals surface area contributed by atoms with Crippen LogP contribution in [0.3, 0.4) is 0 Å². The van der Waals surface area contributed by atoms with Gasteiger partial charge in [-0.05, 0) is 44.2 Å². The number of nitrogens with zero attached hydrogens (tertiary/aromatic N) is 1. The van der Waals surface area contributed by atoms with Crippen molar-refractivity contribution in [3.05, 3.63) is 41.1 Å². The number of aromatic nitrogens is 2. The van der Waals surface area contributed by atoms with Crippen LogP contribution in [0.15, 0.2) is 24.3 Å². The van der Waals surface area contributed by atoms with E-state index >= 15 is 0 Å². The Balaban J connectivity index is 1.89. The van der Waals surface area contributed by atoms with E-state index in [4.69, 9.17) is 0 Å². The fraction of sp³-hybridized carbons (Fsp3) is 0.500. The lowest BCUT2D eigenvalue weighted by Crippen LogP contribution is -2.11. The molecule has 1 N–H and O–H groups in total. The van der Waals surface area contributed by atoms with Gasteiger partial charge in [-0.3, -0.25) is 5.10 Å². The smallest absolute Gasteiger partial charge is 0.0952 e. The van der Waals surface area contributed by atoms with E-state index in [0.29, 0.717) is 5.92 Å². The van der Waals surface area contributed by atoms with E-state index < -0.39 is 0 Å². The van der Waals surface area contributed by atoms with Crippen LogP contribution in [-0.4, -0.2) is 10.2 Å². The molecule has 0 amide bonds. The molecule has 0 unspecified atom stereocenters. The second-order valence-electron chi connectivity index (χ2n) is 6.44. The van der Waals surface area contributed by atoms with Crippen molar-refractivity contribution in [2.45, 2.75) is 52.4 Å². The van der Waals surface area contributed by atoms with Gasteiger partial charge >= 0.3 is 0 Å². The number of nitrogens with one attached hydrogen (secondary N) is 1. The maximum atomic E-state index is 4.60. The first kappa shape index (κ1) is 13.4. The number of rotatable bonds is 2. The highest BCUT2D eigenvalue weighted by Gasteiger charge is 2.24. The molecule has 0 radical (unpaired) electrons. The van der Waals surface area contributed by atoms with Crippen molar-refractivity contribution in [1.82, 2.24) is 10.2 Å². The van der Waals surface area contributed by atoms with Gasteiger partial charge < -0.3 is 0 Å². The van der Waals surface area contributed by atoms with E-state index in [2.05, 4.69) is 55.2 Å². The highest BCUT2D eigenvalue weighted by molar-refractivity contribution is 5.64. The molecule has 1 heterocycles. The van der Waals surface area contributed by atoms with Crippen LogP contribution in [0.25, 0.3) is 11.3 Å². The number of hydrogen-bond acceptors (Lipinski definition) is 1. The van der Waals surface area contributed by atoms with E-state index in [1.54, 1.807) is 0 Å². The zero-order valence-corrected chi connectivity index (χ0v) is 12.7. The van der Waals surface area contributed by atoms with Crippen molar-refractivity contribution < 1.29 is 0 Å².